The number of hydrogen-bond acceptors (Lipinski definition) is 14. The predicted octanol–water partition coefficient (Wildman–Crippen LogP) is 6.32. The molecule has 1 aromatic carbocycles. The SMILES string of the molecule is CN(C)P1CCC(N(C)C)(N(C)C)C1=NP(N=C1P(N(C)C)CCC1(N(C)C)N(C)C)(N=C1P(N(C)C)CCC1(N(C)C)N(C)C)(NC(C)(C)C)Oc1ccccc1. The number of benzene rings is 1. The van der Waals surface area contributed by atoms with Crippen molar-refractivity contribution in [3.8, 4) is 5.75 Å². The van der Waals surface area contributed by atoms with Gasteiger partial charge in [0.05, 0.1) is 0 Å². The molecule has 0 spiro atoms. The zero-order chi connectivity index (χ0) is 44.0. The molecular formula is C40H81N13OP4. The summed E-state index contributed by atoms with van der Waals surface area (Å²) in [5.41, 5.74) is 1.18. The molecule has 3 aliphatic rings. The van der Waals surface area contributed by atoms with Crippen LogP contribution in [0.15, 0.2) is 44.6 Å². The molecule has 1 aromatic rings. The Balaban J connectivity index is 2.55. The van der Waals surface area contributed by atoms with Crippen LogP contribution in [0.4, 0.5) is 0 Å². The first-order valence-corrected chi connectivity index (χ1v) is 26.9. The molecule has 3 heterocycles. The fourth-order valence-electron chi connectivity index (χ4n) is 9.36. The van der Waals surface area contributed by atoms with Gasteiger partial charge in [-0.1, -0.05) is 0 Å². The second-order valence-corrected chi connectivity index (χ2v) is 29.1. The molecule has 3 atom stereocenters. The number of hydrogen-bond donors (Lipinski definition) is 1. The molecule has 3 saturated heterocycles. The monoisotopic (exact) mass is 884 g/mol. The van der Waals surface area contributed by atoms with Crippen molar-refractivity contribution in [3.63, 3.8) is 0 Å². The molecule has 0 aliphatic carbocycles. The van der Waals surface area contributed by atoms with E-state index < -0.39 is 54.2 Å². The maximum absolute atomic E-state index is 8.02. The van der Waals surface area contributed by atoms with Crippen molar-refractivity contribution < 1.29 is 4.52 Å². The predicted molar refractivity (Wildman–Crippen MR) is 260 cm³/mol. The van der Waals surface area contributed by atoms with Crippen LogP contribution in [-0.2, 0) is 0 Å². The molecule has 4 rings (SSSR count). The van der Waals surface area contributed by atoms with Gasteiger partial charge in [0, 0.05) is 0 Å². The summed E-state index contributed by atoms with van der Waals surface area (Å²) < 4.78 is 34.6. The molecule has 0 bridgehead atoms. The second-order valence-electron chi connectivity index (χ2n) is 18.9. The van der Waals surface area contributed by atoms with Gasteiger partial charge in [0.25, 0.3) is 0 Å². The fourth-order valence-corrected chi connectivity index (χ4v) is 23.0. The van der Waals surface area contributed by atoms with Crippen LogP contribution >= 0.6 is 31.7 Å². The summed E-state index contributed by atoms with van der Waals surface area (Å²) in [7, 11) is 32.0. The molecular weight excluding hydrogens is 802 g/mol. The van der Waals surface area contributed by atoms with Gasteiger partial charge in [-0.05, 0) is 0 Å². The molecule has 332 valence electrons. The van der Waals surface area contributed by atoms with E-state index in [0.29, 0.717) is 5.75 Å². The van der Waals surface area contributed by atoms with Crippen molar-refractivity contribution in [1.29, 1.82) is 0 Å². The van der Waals surface area contributed by atoms with Gasteiger partial charge in [-0.15, -0.1) is 0 Å². The Kier molecular flexibility index (Phi) is 15.7. The normalized spacial score (nSPS) is 26.8. The van der Waals surface area contributed by atoms with E-state index in [4.69, 9.17) is 18.8 Å². The average Bonchev–Trinajstić information content (AvgIpc) is 3.77. The molecule has 0 aromatic heterocycles. The quantitative estimate of drug-likeness (QED) is 0.159. The van der Waals surface area contributed by atoms with E-state index in [1.165, 1.54) is 0 Å². The van der Waals surface area contributed by atoms with Crippen LogP contribution in [-0.4, -0.2) is 228 Å². The Hall–Kier alpha value is -0.650. The molecule has 0 radical (unpaired) electrons. The third-order valence-corrected chi connectivity index (χ3v) is 23.5. The van der Waals surface area contributed by atoms with Crippen LogP contribution < -0.4 is 9.61 Å². The average molecular weight is 884 g/mol. The van der Waals surface area contributed by atoms with E-state index in [2.05, 4.69) is 220 Å². The molecule has 14 nitrogen and oxygen atoms in total. The molecule has 18 heteroatoms. The zero-order valence-electron chi connectivity index (χ0n) is 40.2. The summed E-state index contributed by atoms with van der Waals surface area (Å²) in [6.45, 7) is 6.67. The zero-order valence-corrected chi connectivity index (χ0v) is 43.8. The molecule has 0 saturated carbocycles. The number of rotatable bonds is 15. The van der Waals surface area contributed by atoms with Gasteiger partial charge in [0.2, 0.25) is 0 Å². The molecule has 3 unspecified atom stereocenters. The summed E-state index contributed by atoms with van der Waals surface area (Å²) in [6, 6.07) is 10.3. The van der Waals surface area contributed by atoms with Crippen molar-refractivity contribution >= 4 is 48.0 Å². The number of nitrogens with zero attached hydrogens (tertiary/aromatic N) is 12. The summed E-state index contributed by atoms with van der Waals surface area (Å²) >= 11 is 0. The van der Waals surface area contributed by atoms with E-state index in [-0.39, 0.29) is 0 Å². The minimum absolute atomic E-state index is 0.511. The van der Waals surface area contributed by atoms with Crippen molar-refractivity contribution in [2.45, 2.75) is 62.6 Å². The Morgan fingerprint density at radius 3 is 1.00 bits per heavy atom. The van der Waals surface area contributed by atoms with Crippen LogP contribution in [0.1, 0.15) is 40.0 Å². The fraction of sp³-hybridized carbons (Fsp3) is 0.775. The van der Waals surface area contributed by atoms with Crippen molar-refractivity contribution in [1.82, 2.24) is 48.5 Å². The molecule has 3 fully saturated rings. The third-order valence-electron chi connectivity index (χ3n) is 12.1. The summed E-state index contributed by atoms with van der Waals surface area (Å²) in [5.74, 6) is 0.697. The second kappa shape index (κ2) is 18.2. The van der Waals surface area contributed by atoms with E-state index in [0.717, 1.165) is 54.1 Å². The molecule has 1 N–H and O–H groups in total. The van der Waals surface area contributed by atoms with Crippen LogP contribution in [0, 0.1) is 0 Å². The van der Waals surface area contributed by atoms with E-state index in [1.54, 1.807) is 0 Å². The first-order chi connectivity index (χ1) is 26.7. The van der Waals surface area contributed by atoms with Crippen molar-refractivity contribution in [2.24, 2.45) is 14.3 Å². The van der Waals surface area contributed by atoms with Crippen LogP contribution in [0.3, 0.4) is 0 Å². The van der Waals surface area contributed by atoms with Crippen LogP contribution in [0.2, 0.25) is 0 Å². The summed E-state index contributed by atoms with van der Waals surface area (Å²) in [5, 5.41) is 4.25. The van der Waals surface area contributed by atoms with Crippen LogP contribution in [0.25, 0.3) is 0 Å². The Morgan fingerprint density at radius 1 is 0.500 bits per heavy atom. The van der Waals surface area contributed by atoms with Crippen molar-refractivity contribution in [3.05, 3.63) is 30.3 Å². The topological polar surface area (TPSA) is 87.5 Å². The molecule has 3 aliphatic heterocycles. The third kappa shape index (κ3) is 9.06. The van der Waals surface area contributed by atoms with Gasteiger partial charge in [-0.2, -0.15) is 0 Å². The Labute approximate surface area is 358 Å². The standard InChI is InChI=1S/C40H81N13OP4/c1-37(2,3)44-58(54-33-25-23-22-24-26-33,41-34-38(45(4)5,46(6)7)27-30-55(34)51(16)17,42-35-39(47(8)9,48(10)11)28-31-56(35)52(18)19)43-36-40(49(12)13,50(14)15)29-32-57(36)53(20)21/h22-26,44H,27-32H2,1-21H3. The molecule has 0 amide bonds. The van der Waals surface area contributed by atoms with Gasteiger partial charge in [0.1, 0.15) is 0 Å². The summed E-state index contributed by atoms with van der Waals surface area (Å²) in [4.78, 5) is 14.2. The first kappa shape index (κ1) is 50.0. The van der Waals surface area contributed by atoms with E-state index in [1.807, 2.05) is 6.07 Å². The minimum atomic E-state index is -4.96. The van der Waals surface area contributed by atoms with Gasteiger partial charge in [-0.3, -0.25) is 0 Å². The summed E-state index contributed by atoms with van der Waals surface area (Å²) in [6.07, 6.45) is 5.74. The number of nitrogens with one attached hydrogen (secondary N) is 1. The van der Waals surface area contributed by atoms with Gasteiger partial charge >= 0.3 is 359 Å². The van der Waals surface area contributed by atoms with Gasteiger partial charge < -0.3 is 0 Å². The van der Waals surface area contributed by atoms with Crippen LogP contribution in [0.5, 0.6) is 5.75 Å². The maximum atomic E-state index is 8.02. The van der Waals surface area contributed by atoms with Gasteiger partial charge in [0.15, 0.2) is 0 Å². The Bertz CT molecular complexity index is 1490. The van der Waals surface area contributed by atoms with Gasteiger partial charge in [-0.25, -0.2) is 0 Å². The molecule has 58 heavy (non-hydrogen) atoms. The number of para-hydroxylation sites is 1. The first-order valence-electron chi connectivity index (χ1n) is 20.5. The van der Waals surface area contributed by atoms with Crippen molar-refractivity contribution in [2.75, 3.05) is 145 Å². The Morgan fingerprint density at radius 2 is 0.776 bits per heavy atom. The van der Waals surface area contributed by atoms with E-state index in [9.17, 15) is 0 Å². The van der Waals surface area contributed by atoms with E-state index >= 15 is 0 Å².